The monoisotopic (exact) mass is 375 g/mol. The molecule has 5 nitrogen and oxygen atoms in total. The maximum Gasteiger partial charge on any atom is 0.512 e. The lowest BCUT2D eigenvalue weighted by molar-refractivity contribution is 0.142. The molecular formula is C23H21NO4. The number of nitrogens with one attached hydrogen (secondary N) is 1. The molecule has 5 heteroatoms. The highest BCUT2D eigenvalue weighted by molar-refractivity contribution is 5.89. The molecule has 1 heterocycles. The first-order valence-corrected chi connectivity index (χ1v) is 9.25. The van der Waals surface area contributed by atoms with E-state index >= 15 is 0 Å². The predicted octanol–water partition coefficient (Wildman–Crippen LogP) is 5.70. The molecule has 0 aliphatic rings. The number of hydrogen-bond acceptors (Lipinski definition) is 3. The van der Waals surface area contributed by atoms with Crippen LogP contribution in [0.1, 0.15) is 17.5 Å². The van der Waals surface area contributed by atoms with Crippen molar-refractivity contribution < 1.29 is 19.4 Å². The molecule has 3 aromatic carbocycles. The summed E-state index contributed by atoms with van der Waals surface area (Å²) in [6.07, 6.45) is 0.0622. The SMILES string of the molecule is Cc1ccc2ccccc2c1OCCCc1c(OC(=O)O)[nH]c2ccccc12. The third-order valence-electron chi connectivity index (χ3n) is 4.86. The number of carboxylic acid groups (broad SMARTS) is 1. The Hall–Kier alpha value is -3.47. The van der Waals surface area contributed by atoms with Crippen molar-refractivity contribution in [2.45, 2.75) is 19.8 Å². The van der Waals surface area contributed by atoms with Crippen LogP contribution in [0.3, 0.4) is 0 Å². The lowest BCUT2D eigenvalue weighted by Gasteiger charge is -2.12. The van der Waals surface area contributed by atoms with E-state index in [1.807, 2.05) is 43.3 Å². The Morgan fingerprint density at radius 2 is 1.75 bits per heavy atom. The van der Waals surface area contributed by atoms with Crippen molar-refractivity contribution in [2.75, 3.05) is 6.61 Å². The minimum atomic E-state index is -1.32. The molecule has 28 heavy (non-hydrogen) atoms. The summed E-state index contributed by atoms with van der Waals surface area (Å²) >= 11 is 0. The standard InChI is InChI=1S/C23H21NO4/c1-15-12-13-16-7-2-3-8-17(16)21(15)27-14-6-10-19-18-9-4-5-11-20(18)24-22(19)28-23(25)26/h2-5,7-9,11-13,24H,6,10,14H2,1H3,(H,25,26). The average Bonchev–Trinajstić information content (AvgIpc) is 3.03. The van der Waals surface area contributed by atoms with Gasteiger partial charge in [0.1, 0.15) is 5.75 Å². The summed E-state index contributed by atoms with van der Waals surface area (Å²) in [6.45, 7) is 2.57. The van der Waals surface area contributed by atoms with Crippen molar-refractivity contribution in [1.82, 2.24) is 4.98 Å². The fraction of sp³-hybridized carbons (Fsp3) is 0.174. The van der Waals surface area contributed by atoms with E-state index in [1.54, 1.807) is 0 Å². The normalized spacial score (nSPS) is 11.0. The Kier molecular flexibility index (Phi) is 4.89. The summed E-state index contributed by atoms with van der Waals surface area (Å²) in [5, 5.41) is 12.2. The zero-order valence-corrected chi connectivity index (χ0v) is 15.6. The smallest absolute Gasteiger partial charge is 0.493 e. The van der Waals surface area contributed by atoms with Crippen molar-refractivity contribution in [3.05, 3.63) is 71.8 Å². The van der Waals surface area contributed by atoms with Crippen LogP contribution in [0.15, 0.2) is 60.7 Å². The predicted molar refractivity (Wildman–Crippen MR) is 109 cm³/mol. The molecule has 0 unspecified atom stereocenters. The Morgan fingerprint density at radius 3 is 2.57 bits per heavy atom. The number of ether oxygens (including phenoxy) is 2. The third-order valence-corrected chi connectivity index (χ3v) is 4.86. The van der Waals surface area contributed by atoms with Crippen molar-refractivity contribution >= 4 is 27.8 Å². The van der Waals surface area contributed by atoms with Crippen molar-refractivity contribution in [1.29, 1.82) is 0 Å². The molecule has 2 N–H and O–H groups in total. The molecule has 0 fully saturated rings. The van der Waals surface area contributed by atoms with Gasteiger partial charge in [-0.2, -0.15) is 0 Å². The lowest BCUT2D eigenvalue weighted by Crippen LogP contribution is -2.06. The van der Waals surface area contributed by atoms with Crippen LogP contribution in [0, 0.1) is 6.92 Å². The Balaban J connectivity index is 1.51. The average molecular weight is 375 g/mol. The van der Waals surface area contributed by atoms with Crippen molar-refractivity contribution in [3.8, 4) is 11.6 Å². The highest BCUT2D eigenvalue weighted by Gasteiger charge is 2.15. The van der Waals surface area contributed by atoms with Gasteiger partial charge in [0, 0.05) is 21.9 Å². The number of benzene rings is 3. The Morgan fingerprint density at radius 1 is 1.00 bits per heavy atom. The number of aryl methyl sites for hydroxylation is 2. The van der Waals surface area contributed by atoms with Crippen LogP contribution >= 0.6 is 0 Å². The van der Waals surface area contributed by atoms with E-state index in [-0.39, 0.29) is 5.88 Å². The van der Waals surface area contributed by atoms with E-state index in [2.05, 4.69) is 29.2 Å². The summed E-state index contributed by atoms with van der Waals surface area (Å²) < 4.78 is 11.1. The first-order chi connectivity index (χ1) is 13.6. The van der Waals surface area contributed by atoms with Gasteiger partial charge in [0.15, 0.2) is 0 Å². The molecule has 4 rings (SSSR count). The number of aromatic amines is 1. The van der Waals surface area contributed by atoms with Crippen LogP contribution in [0.5, 0.6) is 11.6 Å². The fourth-order valence-corrected chi connectivity index (χ4v) is 3.56. The topological polar surface area (TPSA) is 71.6 Å². The molecule has 0 saturated carbocycles. The molecule has 1 aromatic heterocycles. The van der Waals surface area contributed by atoms with Gasteiger partial charge in [-0.15, -0.1) is 0 Å². The van der Waals surface area contributed by atoms with E-state index < -0.39 is 6.16 Å². The third kappa shape index (κ3) is 3.51. The van der Waals surface area contributed by atoms with Gasteiger partial charge in [-0.05, 0) is 36.8 Å². The number of para-hydroxylation sites is 1. The summed E-state index contributed by atoms with van der Waals surface area (Å²) in [4.78, 5) is 14.1. The first kappa shape index (κ1) is 17.9. The Labute approximate surface area is 162 Å². The summed E-state index contributed by atoms with van der Waals surface area (Å²) in [5.74, 6) is 1.19. The summed E-state index contributed by atoms with van der Waals surface area (Å²) in [7, 11) is 0. The first-order valence-electron chi connectivity index (χ1n) is 9.25. The number of rotatable bonds is 6. The van der Waals surface area contributed by atoms with Gasteiger partial charge < -0.3 is 19.6 Å². The molecular weight excluding hydrogens is 354 g/mol. The zero-order chi connectivity index (χ0) is 19.5. The molecule has 0 aliphatic carbocycles. The number of hydrogen-bond donors (Lipinski definition) is 2. The molecule has 0 amide bonds. The quantitative estimate of drug-likeness (QED) is 0.335. The second-order valence-corrected chi connectivity index (χ2v) is 6.73. The van der Waals surface area contributed by atoms with Gasteiger partial charge in [-0.1, -0.05) is 54.6 Å². The van der Waals surface area contributed by atoms with Gasteiger partial charge >= 0.3 is 6.16 Å². The van der Waals surface area contributed by atoms with Gasteiger partial charge in [0.05, 0.1) is 6.61 Å². The minimum Gasteiger partial charge on any atom is -0.493 e. The van der Waals surface area contributed by atoms with Gasteiger partial charge in [0.2, 0.25) is 5.88 Å². The van der Waals surface area contributed by atoms with E-state index in [1.165, 1.54) is 0 Å². The number of fused-ring (bicyclic) bond motifs is 2. The molecule has 0 saturated heterocycles. The minimum absolute atomic E-state index is 0.287. The van der Waals surface area contributed by atoms with Crippen molar-refractivity contribution in [2.24, 2.45) is 0 Å². The molecule has 0 spiro atoms. The van der Waals surface area contributed by atoms with E-state index in [4.69, 9.17) is 14.6 Å². The lowest BCUT2D eigenvalue weighted by atomic mass is 10.1. The van der Waals surface area contributed by atoms with Gasteiger partial charge in [-0.25, -0.2) is 4.79 Å². The van der Waals surface area contributed by atoms with E-state index in [0.717, 1.165) is 45.0 Å². The highest BCUT2D eigenvalue weighted by atomic mass is 16.7. The molecule has 142 valence electrons. The summed E-state index contributed by atoms with van der Waals surface area (Å²) in [5.41, 5.74) is 2.82. The van der Waals surface area contributed by atoms with Crippen molar-refractivity contribution in [3.63, 3.8) is 0 Å². The second-order valence-electron chi connectivity index (χ2n) is 6.73. The van der Waals surface area contributed by atoms with Crippen LogP contribution in [-0.4, -0.2) is 22.9 Å². The largest absolute Gasteiger partial charge is 0.512 e. The number of carbonyl (C=O) groups is 1. The maximum atomic E-state index is 11.0. The van der Waals surface area contributed by atoms with Crippen LogP contribution in [0.4, 0.5) is 4.79 Å². The van der Waals surface area contributed by atoms with Crippen LogP contribution in [-0.2, 0) is 6.42 Å². The molecule has 0 aliphatic heterocycles. The van der Waals surface area contributed by atoms with Crippen LogP contribution in [0.2, 0.25) is 0 Å². The van der Waals surface area contributed by atoms with E-state index in [0.29, 0.717) is 13.0 Å². The van der Waals surface area contributed by atoms with Gasteiger partial charge in [0.25, 0.3) is 0 Å². The second kappa shape index (κ2) is 7.64. The molecule has 0 radical (unpaired) electrons. The molecule has 0 atom stereocenters. The summed E-state index contributed by atoms with van der Waals surface area (Å²) in [6, 6.07) is 20.0. The fourth-order valence-electron chi connectivity index (χ4n) is 3.56. The Bertz CT molecular complexity index is 1150. The van der Waals surface area contributed by atoms with Gasteiger partial charge in [-0.3, -0.25) is 0 Å². The van der Waals surface area contributed by atoms with Crippen LogP contribution in [0.25, 0.3) is 21.7 Å². The molecule has 4 aromatic rings. The van der Waals surface area contributed by atoms with E-state index in [9.17, 15) is 4.79 Å². The molecule has 0 bridgehead atoms. The number of aromatic nitrogens is 1. The van der Waals surface area contributed by atoms with Crippen LogP contribution < -0.4 is 9.47 Å². The maximum absolute atomic E-state index is 11.0. The zero-order valence-electron chi connectivity index (χ0n) is 15.6. The highest BCUT2D eigenvalue weighted by Crippen LogP contribution is 2.31. The number of H-pyrrole nitrogens is 1.